The molecule has 1 saturated carbocycles. The predicted molar refractivity (Wildman–Crippen MR) is 68.5 cm³/mol. The van der Waals surface area contributed by atoms with E-state index in [2.05, 4.69) is 4.99 Å². The minimum Gasteiger partial charge on any atom is -0.472 e. The molecule has 1 aliphatic carbocycles. The largest absolute Gasteiger partial charge is 0.472 e. The highest BCUT2D eigenvalue weighted by Gasteiger charge is 2.36. The minimum atomic E-state index is 0.212. The van der Waals surface area contributed by atoms with E-state index >= 15 is 0 Å². The number of nitrogens with zero attached hydrogens (tertiary/aromatic N) is 1. The van der Waals surface area contributed by atoms with Gasteiger partial charge in [0.2, 0.25) is 5.90 Å². The van der Waals surface area contributed by atoms with Crippen LogP contribution in [-0.2, 0) is 4.74 Å². The second-order valence-electron chi connectivity index (χ2n) is 4.74. The zero-order valence-electron chi connectivity index (χ0n) is 9.47. The van der Waals surface area contributed by atoms with E-state index in [0.29, 0.717) is 5.02 Å². The Morgan fingerprint density at radius 2 is 2.24 bits per heavy atom. The Kier molecular flexibility index (Phi) is 2.81. The van der Waals surface area contributed by atoms with E-state index in [0.717, 1.165) is 30.7 Å². The van der Waals surface area contributed by atoms with Crippen molar-refractivity contribution < 1.29 is 4.74 Å². The number of aliphatic imine (C=N–C) groups is 1. The fraction of sp³-hybridized carbons (Fsp3) is 0.462. The molecule has 1 aliphatic heterocycles. The number of hydrogen-bond donors (Lipinski definition) is 1. The van der Waals surface area contributed by atoms with Crippen molar-refractivity contribution >= 4 is 17.5 Å². The van der Waals surface area contributed by atoms with E-state index in [-0.39, 0.29) is 18.2 Å². The van der Waals surface area contributed by atoms with Gasteiger partial charge in [0.25, 0.3) is 0 Å². The van der Waals surface area contributed by atoms with Crippen molar-refractivity contribution in [3.8, 4) is 0 Å². The number of hydrogen-bond acceptors (Lipinski definition) is 3. The highest BCUT2D eigenvalue weighted by atomic mass is 35.5. The fourth-order valence-corrected chi connectivity index (χ4v) is 2.70. The lowest BCUT2D eigenvalue weighted by atomic mass is 9.90. The number of nitrogens with two attached hydrogens (primary N) is 1. The van der Waals surface area contributed by atoms with Crippen molar-refractivity contribution in [2.75, 3.05) is 0 Å². The van der Waals surface area contributed by atoms with Gasteiger partial charge in [-0.1, -0.05) is 17.7 Å². The first-order valence-electron chi connectivity index (χ1n) is 5.98. The van der Waals surface area contributed by atoms with Gasteiger partial charge >= 0.3 is 0 Å². The van der Waals surface area contributed by atoms with Crippen LogP contribution in [0.5, 0.6) is 0 Å². The second kappa shape index (κ2) is 4.31. The topological polar surface area (TPSA) is 47.6 Å². The third-order valence-corrected chi connectivity index (χ3v) is 3.65. The van der Waals surface area contributed by atoms with Crippen molar-refractivity contribution in [2.45, 2.75) is 37.5 Å². The number of fused-ring (bicyclic) bond motifs is 1. The van der Waals surface area contributed by atoms with Gasteiger partial charge in [0, 0.05) is 16.6 Å². The quantitative estimate of drug-likeness (QED) is 0.832. The highest BCUT2D eigenvalue weighted by molar-refractivity contribution is 6.30. The van der Waals surface area contributed by atoms with Crippen LogP contribution in [0.15, 0.2) is 29.3 Å². The van der Waals surface area contributed by atoms with E-state index in [1.807, 2.05) is 24.3 Å². The van der Waals surface area contributed by atoms with Gasteiger partial charge in [-0.25, -0.2) is 4.99 Å². The molecule has 1 aromatic rings. The number of ether oxygens (including phenoxy) is 1. The molecule has 1 fully saturated rings. The summed E-state index contributed by atoms with van der Waals surface area (Å²) >= 11 is 5.97. The van der Waals surface area contributed by atoms with E-state index in [4.69, 9.17) is 22.1 Å². The first kappa shape index (κ1) is 11.1. The minimum absolute atomic E-state index is 0.212. The Hall–Kier alpha value is -1.06. The van der Waals surface area contributed by atoms with Crippen LogP contribution in [-0.4, -0.2) is 24.1 Å². The Morgan fingerprint density at radius 3 is 3.06 bits per heavy atom. The lowest BCUT2D eigenvalue weighted by Gasteiger charge is -2.26. The lowest BCUT2D eigenvalue weighted by molar-refractivity contribution is 0.145. The fourth-order valence-electron chi connectivity index (χ4n) is 2.51. The van der Waals surface area contributed by atoms with Gasteiger partial charge in [-0.3, -0.25) is 0 Å². The molecule has 4 heteroatoms. The Balaban J connectivity index is 1.84. The summed E-state index contributed by atoms with van der Waals surface area (Å²) < 4.78 is 5.89. The standard InChI is InChI=1S/C13H15ClN2O/c14-9-3-1-2-8(6-9)13-16-11-7-10(15)4-5-12(11)17-13/h1-3,6,10-12H,4-5,7,15H2. The normalized spacial score (nSPS) is 31.6. The summed E-state index contributed by atoms with van der Waals surface area (Å²) in [6, 6.07) is 8.12. The highest BCUT2D eigenvalue weighted by Crippen LogP contribution is 2.30. The van der Waals surface area contributed by atoms with Gasteiger partial charge in [-0.15, -0.1) is 0 Å². The molecule has 90 valence electrons. The lowest BCUT2D eigenvalue weighted by Crippen LogP contribution is -2.37. The molecule has 3 atom stereocenters. The molecule has 0 bridgehead atoms. The molecular weight excluding hydrogens is 236 g/mol. The molecule has 1 heterocycles. The molecule has 0 saturated heterocycles. The van der Waals surface area contributed by atoms with Crippen LogP contribution >= 0.6 is 11.6 Å². The summed E-state index contributed by atoms with van der Waals surface area (Å²) in [7, 11) is 0. The van der Waals surface area contributed by atoms with Gasteiger partial charge in [-0.2, -0.15) is 0 Å². The number of halogens is 1. The summed E-state index contributed by atoms with van der Waals surface area (Å²) in [5, 5.41) is 0.709. The third kappa shape index (κ3) is 2.17. The Labute approximate surface area is 106 Å². The van der Waals surface area contributed by atoms with Crippen molar-refractivity contribution in [1.82, 2.24) is 0 Å². The van der Waals surface area contributed by atoms with Gasteiger partial charge in [0.1, 0.15) is 6.10 Å². The van der Waals surface area contributed by atoms with E-state index in [1.54, 1.807) is 0 Å². The molecule has 0 amide bonds. The third-order valence-electron chi connectivity index (χ3n) is 3.41. The van der Waals surface area contributed by atoms with E-state index < -0.39 is 0 Å². The van der Waals surface area contributed by atoms with Crippen LogP contribution in [0, 0.1) is 0 Å². The van der Waals surface area contributed by atoms with Crippen LogP contribution in [0.3, 0.4) is 0 Å². The predicted octanol–water partition coefficient (Wildman–Crippen LogP) is 2.37. The average molecular weight is 251 g/mol. The first-order valence-corrected chi connectivity index (χ1v) is 6.36. The molecule has 3 nitrogen and oxygen atoms in total. The smallest absolute Gasteiger partial charge is 0.216 e. The molecule has 0 spiro atoms. The summed E-state index contributed by atoms with van der Waals surface area (Å²) in [6.07, 6.45) is 3.16. The summed E-state index contributed by atoms with van der Waals surface area (Å²) in [4.78, 5) is 4.63. The zero-order valence-corrected chi connectivity index (χ0v) is 10.2. The summed E-state index contributed by atoms with van der Waals surface area (Å²) in [5.41, 5.74) is 6.91. The molecule has 17 heavy (non-hydrogen) atoms. The maximum Gasteiger partial charge on any atom is 0.216 e. The molecule has 2 aliphatic rings. The van der Waals surface area contributed by atoms with Gasteiger partial charge in [0.15, 0.2) is 0 Å². The molecule has 2 N–H and O–H groups in total. The molecule has 1 aromatic carbocycles. The van der Waals surface area contributed by atoms with Gasteiger partial charge < -0.3 is 10.5 Å². The van der Waals surface area contributed by atoms with Crippen LogP contribution < -0.4 is 5.73 Å². The van der Waals surface area contributed by atoms with Crippen molar-refractivity contribution in [2.24, 2.45) is 10.7 Å². The SMILES string of the molecule is NC1CCC2OC(c3cccc(Cl)c3)=NC2C1. The molecular formula is C13H15ClN2O. The van der Waals surface area contributed by atoms with Gasteiger partial charge in [0.05, 0.1) is 6.04 Å². The van der Waals surface area contributed by atoms with Crippen molar-refractivity contribution in [3.05, 3.63) is 34.9 Å². The number of benzene rings is 1. The molecule has 3 rings (SSSR count). The Bertz CT molecular complexity index is 460. The van der Waals surface area contributed by atoms with Crippen LogP contribution in [0.4, 0.5) is 0 Å². The van der Waals surface area contributed by atoms with Gasteiger partial charge in [-0.05, 0) is 37.5 Å². The van der Waals surface area contributed by atoms with Crippen molar-refractivity contribution in [1.29, 1.82) is 0 Å². The summed E-state index contributed by atoms with van der Waals surface area (Å²) in [5.74, 6) is 0.719. The van der Waals surface area contributed by atoms with Crippen LogP contribution in [0.2, 0.25) is 5.02 Å². The number of rotatable bonds is 1. The van der Waals surface area contributed by atoms with Crippen LogP contribution in [0.25, 0.3) is 0 Å². The van der Waals surface area contributed by atoms with E-state index in [1.165, 1.54) is 0 Å². The van der Waals surface area contributed by atoms with Crippen LogP contribution in [0.1, 0.15) is 24.8 Å². The van der Waals surface area contributed by atoms with E-state index in [9.17, 15) is 0 Å². The summed E-state index contributed by atoms with van der Waals surface area (Å²) in [6.45, 7) is 0. The maximum absolute atomic E-state index is 5.97. The Morgan fingerprint density at radius 1 is 1.35 bits per heavy atom. The molecule has 0 aromatic heterocycles. The zero-order chi connectivity index (χ0) is 11.8. The average Bonchev–Trinajstić information content (AvgIpc) is 2.72. The molecule has 0 radical (unpaired) electrons. The monoisotopic (exact) mass is 250 g/mol. The maximum atomic E-state index is 5.97. The first-order chi connectivity index (χ1) is 8.22. The second-order valence-corrected chi connectivity index (χ2v) is 5.18. The molecule has 3 unspecified atom stereocenters. The van der Waals surface area contributed by atoms with Crippen molar-refractivity contribution in [3.63, 3.8) is 0 Å².